The highest BCUT2D eigenvalue weighted by Gasteiger charge is 2.19. The van der Waals surface area contributed by atoms with Crippen molar-refractivity contribution in [3.05, 3.63) is 75.8 Å². The summed E-state index contributed by atoms with van der Waals surface area (Å²) >= 11 is 0. The molecule has 1 N–H and O–H groups in total. The monoisotopic (exact) mass is 284 g/mol. The van der Waals surface area contributed by atoms with E-state index in [0.29, 0.717) is 6.54 Å². The summed E-state index contributed by atoms with van der Waals surface area (Å²) in [4.78, 5) is 22.5. The predicted octanol–water partition coefficient (Wildman–Crippen LogP) is 3.13. The zero-order chi connectivity index (χ0) is 15.2. The summed E-state index contributed by atoms with van der Waals surface area (Å²) in [6.07, 6.45) is 0. The Morgan fingerprint density at radius 1 is 1.14 bits per heavy atom. The predicted molar refractivity (Wildman–Crippen MR) is 80.3 cm³/mol. The lowest BCUT2D eigenvalue weighted by Gasteiger charge is -2.13. The molecule has 1 unspecified atom stereocenters. The van der Waals surface area contributed by atoms with Crippen LogP contribution in [0.1, 0.15) is 28.8 Å². The van der Waals surface area contributed by atoms with E-state index in [9.17, 15) is 14.9 Å². The molecule has 1 atom stereocenters. The van der Waals surface area contributed by atoms with Crippen LogP contribution in [0.25, 0.3) is 0 Å². The van der Waals surface area contributed by atoms with Crippen molar-refractivity contribution < 1.29 is 9.72 Å². The van der Waals surface area contributed by atoms with E-state index in [2.05, 4.69) is 5.32 Å². The maximum absolute atomic E-state index is 12.1. The molecule has 0 bridgehead atoms. The van der Waals surface area contributed by atoms with Crippen molar-refractivity contribution in [3.8, 4) is 0 Å². The second kappa shape index (κ2) is 6.65. The normalized spacial score (nSPS) is 11.7. The number of nitro benzene ring substituents is 1. The summed E-state index contributed by atoms with van der Waals surface area (Å²) in [5, 5.41) is 13.7. The van der Waals surface area contributed by atoms with Crippen LogP contribution in [0, 0.1) is 10.1 Å². The number of nitrogens with one attached hydrogen (secondary N) is 1. The van der Waals surface area contributed by atoms with Gasteiger partial charge >= 0.3 is 0 Å². The zero-order valence-corrected chi connectivity index (χ0v) is 11.7. The van der Waals surface area contributed by atoms with Gasteiger partial charge in [0.05, 0.1) is 4.92 Å². The number of para-hydroxylation sites is 1. The van der Waals surface area contributed by atoms with Crippen molar-refractivity contribution in [2.75, 3.05) is 6.54 Å². The van der Waals surface area contributed by atoms with Gasteiger partial charge in [0.15, 0.2) is 0 Å². The smallest absolute Gasteiger partial charge is 0.282 e. The standard InChI is InChI=1S/C16H16N2O3/c1-12(13-7-3-2-4-8-13)11-17-16(19)14-9-5-6-10-15(14)18(20)21/h2-10,12H,11H2,1H3,(H,17,19). The number of nitrogens with zero attached hydrogens (tertiary/aromatic N) is 1. The Morgan fingerprint density at radius 3 is 2.43 bits per heavy atom. The van der Waals surface area contributed by atoms with E-state index < -0.39 is 10.8 Å². The van der Waals surface area contributed by atoms with E-state index in [4.69, 9.17) is 0 Å². The molecule has 21 heavy (non-hydrogen) atoms. The summed E-state index contributed by atoms with van der Waals surface area (Å²) < 4.78 is 0. The van der Waals surface area contributed by atoms with Gasteiger partial charge in [0.1, 0.15) is 5.56 Å². The molecule has 1 amide bonds. The highest BCUT2D eigenvalue weighted by Crippen LogP contribution is 2.18. The molecule has 0 saturated heterocycles. The van der Waals surface area contributed by atoms with Crippen LogP contribution in [0.5, 0.6) is 0 Å². The third-order valence-corrected chi connectivity index (χ3v) is 3.28. The van der Waals surface area contributed by atoms with E-state index >= 15 is 0 Å². The molecule has 0 aliphatic carbocycles. The Labute approximate surface area is 122 Å². The average Bonchev–Trinajstić information content (AvgIpc) is 2.53. The summed E-state index contributed by atoms with van der Waals surface area (Å²) in [5.74, 6) is -0.289. The Morgan fingerprint density at radius 2 is 1.76 bits per heavy atom. The molecule has 0 fully saturated rings. The number of amides is 1. The van der Waals surface area contributed by atoms with Crippen molar-refractivity contribution in [2.45, 2.75) is 12.8 Å². The van der Waals surface area contributed by atoms with Gasteiger partial charge in [0.25, 0.3) is 11.6 Å². The van der Waals surface area contributed by atoms with Gasteiger partial charge in [0.2, 0.25) is 0 Å². The Balaban J connectivity index is 2.04. The third-order valence-electron chi connectivity index (χ3n) is 3.28. The highest BCUT2D eigenvalue weighted by atomic mass is 16.6. The van der Waals surface area contributed by atoms with E-state index in [1.165, 1.54) is 12.1 Å². The van der Waals surface area contributed by atoms with Crippen LogP contribution in [0.2, 0.25) is 0 Å². The summed E-state index contributed by atoms with van der Waals surface area (Å²) in [5.41, 5.74) is 1.02. The molecule has 5 nitrogen and oxygen atoms in total. The van der Waals surface area contributed by atoms with Crippen LogP contribution in [-0.2, 0) is 0 Å². The third kappa shape index (κ3) is 3.66. The lowest BCUT2D eigenvalue weighted by atomic mass is 10.0. The molecule has 2 aromatic carbocycles. The second-order valence-electron chi connectivity index (χ2n) is 4.80. The molecule has 2 rings (SSSR count). The maximum atomic E-state index is 12.1. The first-order chi connectivity index (χ1) is 10.1. The number of nitro groups is 1. The lowest BCUT2D eigenvalue weighted by Crippen LogP contribution is -2.28. The summed E-state index contributed by atoms with van der Waals surface area (Å²) in [7, 11) is 0. The Bertz CT molecular complexity index is 641. The largest absolute Gasteiger partial charge is 0.351 e. The number of hydrogen-bond donors (Lipinski definition) is 1. The minimum absolute atomic E-state index is 0.0859. The molecule has 0 aromatic heterocycles. The fourth-order valence-electron chi connectivity index (χ4n) is 2.07. The molecule has 0 radical (unpaired) electrons. The van der Waals surface area contributed by atoms with Crippen molar-refractivity contribution in [3.63, 3.8) is 0 Å². The first kappa shape index (κ1) is 14.7. The first-order valence-corrected chi connectivity index (χ1v) is 6.66. The number of hydrogen-bond acceptors (Lipinski definition) is 3. The number of carbonyl (C=O) groups excluding carboxylic acids is 1. The molecule has 0 aliphatic rings. The fraction of sp³-hybridized carbons (Fsp3) is 0.188. The molecule has 2 aromatic rings. The van der Waals surface area contributed by atoms with Gasteiger partial charge in [-0.05, 0) is 17.5 Å². The molecule has 0 aliphatic heterocycles. The highest BCUT2D eigenvalue weighted by molar-refractivity contribution is 5.98. The minimum atomic E-state index is -0.546. The number of rotatable bonds is 5. The average molecular weight is 284 g/mol. The van der Waals surface area contributed by atoms with Crippen LogP contribution >= 0.6 is 0 Å². The van der Waals surface area contributed by atoms with Crippen LogP contribution < -0.4 is 5.32 Å². The van der Waals surface area contributed by atoms with Crippen LogP contribution in [0.15, 0.2) is 54.6 Å². The maximum Gasteiger partial charge on any atom is 0.282 e. The molecular formula is C16H16N2O3. The fourth-order valence-corrected chi connectivity index (χ4v) is 2.07. The van der Waals surface area contributed by atoms with Gasteiger partial charge in [-0.1, -0.05) is 49.4 Å². The summed E-state index contributed by atoms with van der Waals surface area (Å²) in [6.45, 7) is 2.42. The molecule has 0 spiro atoms. The molecule has 5 heteroatoms. The van der Waals surface area contributed by atoms with E-state index in [1.54, 1.807) is 12.1 Å². The van der Waals surface area contributed by atoms with Crippen molar-refractivity contribution >= 4 is 11.6 Å². The number of benzene rings is 2. The van der Waals surface area contributed by atoms with Crippen LogP contribution in [0.4, 0.5) is 5.69 Å². The molecule has 0 saturated carbocycles. The van der Waals surface area contributed by atoms with Crippen LogP contribution in [0.3, 0.4) is 0 Å². The van der Waals surface area contributed by atoms with E-state index in [-0.39, 0.29) is 17.2 Å². The van der Waals surface area contributed by atoms with Gasteiger partial charge in [-0.2, -0.15) is 0 Å². The minimum Gasteiger partial charge on any atom is -0.351 e. The van der Waals surface area contributed by atoms with E-state index in [1.807, 2.05) is 37.3 Å². The lowest BCUT2D eigenvalue weighted by molar-refractivity contribution is -0.385. The molecular weight excluding hydrogens is 268 g/mol. The van der Waals surface area contributed by atoms with E-state index in [0.717, 1.165) is 5.56 Å². The second-order valence-corrected chi connectivity index (χ2v) is 4.80. The Hall–Kier alpha value is -2.69. The van der Waals surface area contributed by atoms with Gasteiger partial charge < -0.3 is 5.32 Å². The summed E-state index contributed by atoms with van der Waals surface area (Å²) in [6, 6.07) is 15.7. The van der Waals surface area contributed by atoms with Crippen molar-refractivity contribution in [1.29, 1.82) is 0 Å². The first-order valence-electron chi connectivity index (χ1n) is 6.66. The van der Waals surface area contributed by atoms with Gasteiger partial charge in [-0.25, -0.2) is 0 Å². The zero-order valence-electron chi connectivity index (χ0n) is 11.7. The quantitative estimate of drug-likeness (QED) is 0.677. The van der Waals surface area contributed by atoms with Crippen molar-refractivity contribution in [1.82, 2.24) is 5.32 Å². The number of carbonyl (C=O) groups is 1. The Kier molecular flexibility index (Phi) is 4.66. The van der Waals surface area contributed by atoms with Gasteiger partial charge in [-0.3, -0.25) is 14.9 Å². The molecule has 0 heterocycles. The van der Waals surface area contributed by atoms with Gasteiger partial charge in [-0.15, -0.1) is 0 Å². The van der Waals surface area contributed by atoms with Crippen molar-refractivity contribution in [2.24, 2.45) is 0 Å². The molecule has 108 valence electrons. The topological polar surface area (TPSA) is 72.2 Å². The van der Waals surface area contributed by atoms with Crippen LogP contribution in [-0.4, -0.2) is 17.4 Å². The van der Waals surface area contributed by atoms with Gasteiger partial charge in [0, 0.05) is 12.6 Å². The SMILES string of the molecule is CC(CNC(=O)c1ccccc1[N+](=O)[O-])c1ccccc1.